The van der Waals surface area contributed by atoms with Crippen LogP contribution in [0.2, 0.25) is 0 Å². The molecule has 1 heterocycles. The maximum atomic E-state index is 5.55. The molecule has 0 aliphatic carbocycles. The molecular weight excluding hydrogens is 238 g/mol. The number of aromatic nitrogens is 2. The first-order valence-corrected chi connectivity index (χ1v) is 7.14. The normalized spacial score (nSPS) is 13.3. The van der Waals surface area contributed by atoms with E-state index in [0.29, 0.717) is 18.5 Å². The first kappa shape index (κ1) is 15.9. The van der Waals surface area contributed by atoms with E-state index < -0.39 is 0 Å². The quantitative estimate of drug-likeness (QED) is 0.823. The first-order chi connectivity index (χ1) is 8.97. The maximum Gasteiger partial charge on any atom is 0.216 e. The molecule has 1 N–H and O–H groups in total. The molecule has 4 heteroatoms. The highest BCUT2D eigenvalue weighted by Gasteiger charge is 2.24. The van der Waals surface area contributed by atoms with Crippen LogP contribution in [0.3, 0.4) is 0 Å². The third kappa shape index (κ3) is 5.55. The molecule has 0 fully saturated rings. The van der Waals surface area contributed by atoms with Crippen LogP contribution in [0.4, 0.5) is 0 Å². The van der Waals surface area contributed by atoms with Crippen LogP contribution < -0.4 is 10.1 Å². The zero-order valence-corrected chi connectivity index (χ0v) is 12.9. The van der Waals surface area contributed by atoms with E-state index in [9.17, 15) is 0 Å². The number of rotatable bonds is 7. The highest BCUT2D eigenvalue weighted by atomic mass is 16.5. The number of ether oxygens (including phenoxy) is 1. The Bertz CT molecular complexity index is 374. The maximum absolute atomic E-state index is 5.55. The van der Waals surface area contributed by atoms with E-state index in [2.05, 4.69) is 49.9 Å². The molecule has 0 saturated heterocycles. The number of nitrogens with one attached hydrogen (secondary N) is 1. The fourth-order valence-corrected chi connectivity index (χ4v) is 1.91. The van der Waals surface area contributed by atoms with Gasteiger partial charge in [-0.05, 0) is 18.4 Å². The molecule has 0 radical (unpaired) electrons. The van der Waals surface area contributed by atoms with Gasteiger partial charge in [0.25, 0.3) is 0 Å². The molecule has 1 atom stereocenters. The van der Waals surface area contributed by atoms with Crippen molar-refractivity contribution in [1.82, 2.24) is 15.3 Å². The molecule has 0 saturated carbocycles. The predicted octanol–water partition coefficient (Wildman–Crippen LogP) is 2.83. The van der Waals surface area contributed by atoms with Crippen molar-refractivity contribution in [2.24, 2.45) is 5.41 Å². The molecule has 4 nitrogen and oxygen atoms in total. The van der Waals surface area contributed by atoms with Gasteiger partial charge in [0.05, 0.1) is 6.61 Å². The van der Waals surface area contributed by atoms with Crippen molar-refractivity contribution in [2.75, 3.05) is 13.2 Å². The Hall–Kier alpha value is -1.16. The Kier molecular flexibility index (Phi) is 6.22. The Labute approximate surface area is 117 Å². The summed E-state index contributed by atoms with van der Waals surface area (Å²) in [6.45, 7) is 12.6. The van der Waals surface area contributed by atoms with Gasteiger partial charge in [0, 0.05) is 24.2 Å². The van der Waals surface area contributed by atoms with Crippen molar-refractivity contribution >= 4 is 0 Å². The minimum absolute atomic E-state index is 0.200. The molecule has 1 aromatic rings. The van der Waals surface area contributed by atoms with Gasteiger partial charge in [0.15, 0.2) is 0 Å². The van der Waals surface area contributed by atoms with Gasteiger partial charge >= 0.3 is 0 Å². The summed E-state index contributed by atoms with van der Waals surface area (Å²) in [7, 11) is 0. The van der Waals surface area contributed by atoms with Crippen LogP contribution >= 0.6 is 0 Å². The van der Waals surface area contributed by atoms with E-state index >= 15 is 0 Å². The third-order valence-corrected chi connectivity index (χ3v) is 3.06. The highest BCUT2D eigenvalue weighted by Crippen LogP contribution is 2.22. The van der Waals surface area contributed by atoms with E-state index in [-0.39, 0.29) is 5.41 Å². The van der Waals surface area contributed by atoms with Crippen LogP contribution in [-0.2, 0) is 6.42 Å². The van der Waals surface area contributed by atoms with E-state index in [4.69, 9.17) is 4.74 Å². The van der Waals surface area contributed by atoms with Crippen LogP contribution in [0.15, 0.2) is 12.4 Å². The summed E-state index contributed by atoms with van der Waals surface area (Å²) in [6.07, 6.45) is 3.47. The average Bonchev–Trinajstić information content (AvgIpc) is 2.35. The number of hydrogen-bond donors (Lipinski definition) is 1. The summed E-state index contributed by atoms with van der Waals surface area (Å²) in [5.41, 5.74) is 1.23. The molecule has 1 aromatic heterocycles. The molecule has 0 aromatic carbocycles. The molecule has 0 aliphatic rings. The topological polar surface area (TPSA) is 47.0 Å². The van der Waals surface area contributed by atoms with E-state index in [1.54, 1.807) is 6.33 Å². The minimum Gasteiger partial charge on any atom is -0.478 e. The summed E-state index contributed by atoms with van der Waals surface area (Å²) in [6, 6.07) is 2.34. The van der Waals surface area contributed by atoms with Crippen molar-refractivity contribution in [2.45, 2.75) is 53.5 Å². The molecular formula is C15H27N3O. The molecule has 108 valence electrons. The summed E-state index contributed by atoms with van der Waals surface area (Å²) in [5, 5.41) is 3.53. The second-order valence-electron chi connectivity index (χ2n) is 5.88. The van der Waals surface area contributed by atoms with Crippen molar-refractivity contribution in [3.8, 4) is 5.88 Å². The molecule has 19 heavy (non-hydrogen) atoms. The van der Waals surface area contributed by atoms with E-state index in [1.165, 1.54) is 0 Å². The van der Waals surface area contributed by atoms with Crippen LogP contribution in [0.5, 0.6) is 5.88 Å². The van der Waals surface area contributed by atoms with Crippen molar-refractivity contribution in [3.63, 3.8) is 0 Å². The molecule has 0 spiro atoms. The summed E-state index contributed by atoms with van der Waals surface area (Å²) in [4.78, 5) is 8.49. The summed E-state index contributed by atoms with van der Waals surface area (Å²) < 4.78 is 5.55. The van der Waals surface area contributed by atoms with Gasteiger partial charge in [-0.2, -0.15) is 0 Å². The lowest BCUT2D eigenvalue weighted by Gasteiger charge is -2.31. The lowest BCUT2D eigenvalue weighted by atomic mass is 9.84. The van der Waals surface area contributed by atoms with Crippen LogP contribution in [0.25, 0.3) is 0 Å². The highest BCUT2D eigenvalue weighted by molar-refractivity contribution is 5.15. The Morgan fingerprint density at radius 3 is 2.58 bits per heavy atom. The van der Waals surface area contributed by atoms with Gasteiger partial charge < -0.3 is 10.1 Å². The van der Waals surface area contributed by atoms with Gasteiger partial charge in [-0.3, -0.25) is 0 Å². The molecule has 0 bridgehead atoms. The monoisotopic (exact) mass is 265 g/mol. The van der Waals surface area contributed by atoms with Crippen molar-refractivity contribution in [3.05, 3.63) is 18.1 Å². The van der Waals surface area contributed by atoms with Crippen LogP contribution in [0, 0.1) is 5.41 Å². The average molecular weight is 265 g/mol. The summed E-state index contributed by atoms with van der Waals surface area (Å²) in [5.74, 6) is 0.677. The Balaban J connectivity index is 2.73. The Morgan fingerprint density at radius 2 is 2.00 bits per heavy atom. The molecule has 0 aliphatic heterocycles. The van der Waals surface area contributed by atoms with Crippen LogP contribution in [-0.4, -0.2) is 29.2 Å². The molecule has 0 amide bonds. The predicted molar refractivity (Wildman–Crippen MR) is 78.4 cm³/mol. The number of nitrogens with zero attached hydrogens (tertiary/aromatic N) is 2. The number of hydrogen-bond acceptors (Lipinski definition) is 4. The second kappa shape index (κ2) is 7.43. The van der Waals surface area contributed by atoms with Crippen LogP contribution in [0.1, 0.15) is 46.7 Å². The van der Waals surface area contributed by atoms with E-state index in [1.807, 2.05) is 6.07 Å². The lowest BCUT2D eigenvalue weighted by Crippen LogP contribution is -2.42. The van der Waals surface area contributed by atoms with Gasteiger partial charge in [0.2, 0.25) is 5.88 Å². The van der Waals surface area contributed by atoms with Crippen molar-refractivity contribution < 1.29 is 4.74 Å². The molecule has 1 unspecified atom stereocenters. The smallest absolute Gasteiger partial charge is 0.216 e. The fourth-order valence-electron chi connectivity index (χ4n) is 1.91. The molecule has 1 rings (SSSR count). The third-order valence-electron chi connectivity index (χ3n) is 3.06. The summed E-state index contributed by atoms with van der Waals surface area (Å²) >= 11 is 0. The van der Waals surface area contributed by atoms with Gasteiger partial charge in [0.1, 0.15) is 6.33 Å². The van der Waals surface area contributed by atoms with E-state index in [0.717, 1.165) is 25.1 Å². The minimum atomic E-state index is 0.200. The zero-order chi connectivity index (χ0) is 14.3. The largest absolute Gasteiger partial charge is 0.478 e. The number of likely N-dealkylation sites (N-methyl/N-ethyl adjacent to an activating group) is 1. The first-order valence-electron chi connectivity index (χ1n) is 7.14. The lowest BCUT2D eigenvalue weighted by molar-refractivity contribution is 0.267. The standard InChI is InChI=1S/C15H27N3O/c1-6-8-19-14-10-12(17-11-18-14)9-13(16-7-2)15(3,4)5/h10-11,13,16H,6-9H2,1-5H3. The van der Waals surface area contributed by atoms with Gasteiger partial charge in [-0.25, -0.2) is 9.97 Å². The van der Waals surface area contributed by atoms with Crippen molar-refractivity contribution in [1.29, 1.82) is 0 Å². The SMILES string of the molecule is CCCOc1cc(CC(NCC)C(C)(C)C)ncn1. The van der Waals surface area contributed by atoms with Gasteiger partial charge in [-0.1, -0.05) is 34.6 Å². The van der Waals surface area contributed by atoms with Gasteiger partial charge in [-0.15, -0.1) is 0 Å². The Morgan fingerprint density at radius 1 is 1.26 bits per heavy atom. The fraction of sp³-hybridized carbons (Fsp3) is 0.733. The zero-order valence-electron chi connectivity index (χ0n) is 12.9. The second-order valence-corrected chi connectivity index (χ2v) is 5.88.